The molecule has 2 saturated heterocycles. The minimum Gasteiger partial charge on any atom is -0.337 e. The summed E-state index contributed by atoms with van der Waals surface area (Å²) in [5.41, 5.74) is 0.893. The molecule has 0 atom stereocenters. The lowest BCUT2D eigenvalue weighted by molar-refractivity contribution is 0.0279. The molecule has 0 unspecified atom stereocenters. The van der Waals surface area contributed by atoms with Crippen molar-refractivity contribution in [2.45, 2.75) is 38.6 Å². The van der Waals surface area contributed by atoms with Crippen LogP contribution in [0.15, 0.2) is 0 Å². The van der Waals surface area contributed by atoms with Gasteiger partial charge in [0.25, 0.3) is 5.91 Å². The van der Waals surface area contributed by atoms with Gasteiger partial charge in [-0.15, -0.1) is 11.3 Å². The zero-order chi connectivity index (χ0) is 16.6. The molecule has 1 amide bonds. The lowest BCUT2D eigenvalue weighted by atomic mass is 9.85. The standard InChI is InChI=1S/C17H28N4OS/c1-13-15(18-14(2)23-13)16(22)21-10-6-17(7-11-21)12-19(3)8-5-9-20(17)4/h5-12H2,1-4H3. The summed E-state index contributed by atoms with van der Waals surface area (Å²) in [5.74, 6) is 0.117. The number of hydrogen-bond acceptors (Lipinski definition) is 5. The SMILES string of the molecule is Cc1nc(C(=O)N2CCC3(CC2)CN(C)CCCN3C)c(C)s1. The van der Waals surface area contributed by atoms with Gasteiger partial charge in [0.1, 0.15) is 5.69 Å². The number of hydrogen-bond donors (Lipinski definition) is 0. The number of nitrogens with zero attached hydrogens (tertiary/aromatic N) is 4. The summed E-state index contributed by atoms with van der Waals surface area (Å²) in [7, 11) is 4.48. The molecule has 6 heteroatoms. The summed E-state index contributed by atoms with van der Waals surface area (Å²) in [4.78, 5) is 25.2. The second-order valence-electron chi connectivity index (χ2n) is 7.17. The monoisotopic (exact) mass is 336 g/mol. The van der Waals surface area contributed by atoms with Crippen molar-refractivity contribution in [3.63, 3.8) is 0 Å². The molecule has 2 fully saturated rings. The molecule has 2 aliphatic heterocycles. The quantitative estimate of drug-likeness (QED) is 0.786. The van der Waals surface area contributed by atoms with Crippen molar-refractivity contribution < 1.29 is 4.79 Å². The van der Waals surface area contributed by atoms with Gasteiger partial charge in [0.2, 0.25) is 0 Å². The van der Waals surface area contributed by atoms with Crippen LogP contribution in [-0.2, 0) is 0 Å². The van der Waals surface area contributed by atoms with Crippen LogP contribution in [0.25, 0.3) is 0 Å². The summed E-state index contributed by atoms with van der Waals surface area (Å²) >= 11 is 1.61. The summed E-state index contributed by atoms with van der Waals surface area (Å²) in [6, 6.07) is 0. The Labute approximate surface area is 143 Å². The maximum Gasteiger partial charge on any atom is 0.273 e. The fourth-order valence-electron chi connectivity index (χ4n) is 4.06. The van der Waals surface area contributed by atoms with Crippen LogP contribution in [0, 0.1) is 13.8 Å². The van der Waals surface area contributed by atoms with E-state index in [0.29, 0.717) is 5.69 Å². The number of carbonyl (C=O) groups is 1. The number of piperidine rings is 1. The molecule has 0 aromatic carbocycles. The first kappa shape index (κ1) is 16.9. The average molecular weight is 337 g/mol. The first-order valence-corrected chi connectivity index (χ1v) is 9.36. The van der Waals surface area contributed by atoms with E-state index in [1.807, 2.05) is 18.7 Å². The molecule has 128 valence electrons. The van der Waals surface area contributed by atoms with Gasteiger partial charge in [0.05, 0.1) is 5.01 Å². The molecule has 0 N–H and O–H groups in total. The molecule has 3 heterocycles. The summed E-state index contributed by atoms with van der Waals surface area (Å²) in [5, 5.41) is 0.976. The van der Waals surface area contributed by atoms with Gasteiger partial charge in [0, 0.05) is 30.1 Å². The van der Waals surface area contributed by atoms with Gasteiger partial charge in [0.15, 0.2) is 0 Å². The van der Waals surface area contributed by atoms with E-state index in [1.165, 1.54) is 13.0 Å². The Bertz CT molecular complexity index is 577. The van der Waals surface area contributed by atoms with Crippen LogP contribution >= 0.6 is 11.3 Å². The highest BCUT2D eigenvalue weighted by Crippen LogP contribution is 2.31. The van der Waals surface area contributed by atoms with Gasteiger partial charge >= 0.3 is 0 Å². The molecular weight excluding hydrogens is 308 g/mol. The molecule has 3 rings (SSSR count). The predicted octanol–water partition coefficient (Wildman–Crippen LogP) is 2.00. The van der Waals surface area contributed by atoms with Crippen molar-refractivity contribution in [3.8, 4) is 0 Å². The first-order chi connectivity index (χ1) is 10.9. The lowest BCUT2D eigenvalue weighted by Crippen LogP contribution is -2.58. The van der Waals surface area contributed by atoms with Gasteiger partial charge in [-0.05, 0) is 60.3 Å². The summed E-state index contributed by atoms with van der Waals surface area (Å²) in [6.45, 7) is 9.09. The number of aryl methyl sites for hydroxylation is 2. The van der Waals surface area contributed by atoms with Crippen molar-refractivity contribution in [1.82, 2.24) is 19.7 Å². The van der Waals surface area contributed by atoms with Crippen LogP contribution < -0.4 is 0 Å². The Morgan fingerprint density at radius 2 is 1.83 bits per heavy atom. The van der Waals surface area contributed by atoms with Crippen molar-refractivity contribution in [3.05, 3.63) is 15.6 Å². The van der Waals surface area contributed by atoms with Crippen LogP contribution in [0.3, 0.4) is 0 Å². The van der Waals surface area contributed by atoms with Gasteiger partial charge in [-0.1, -0.05) is 0 Å². The van der Waals surface area contributed by atoms with E-state index in [9.17, 15) is 4.79 Å². The van der Waals surface area contributed by atoms with Crippen molar-refractivity contribution in [1.29, 1.82) is 0 Å². The van der Waals surface area contributed by atoms with Crippen LogP contribution in [-0.4, -0.2) is 77.9 Å². The van der Waals surface area contributed by atoms with Gasteiger partial charge in [-0.25, -0.2) is 4.98 Å². The highest BCUT2D eigenvalue weighted by atomic mass is 32.1. The Balaban J connectivity index is 1.70. The third-order valence-corrected chi connectivity index (χ3v) is 6.38. The maximum atomic E-state index is 12.8. The molecule has 23 heavy (non-hydrogen) atoms. The number of thiazole rings is 1. The van der Waals surface area contributed by atoms with Crippen molar-refractivity contribution in [2.24, 2.45) is 0 Å². The Hall–Kier alpha value is -0.980. The van der Waals surface area contributed by atoms with Crippen molar-refractivity contribution >= 4 is 17.2 Å². The second kappa shape index (κ2) is 6.49. The molecule has 0 radical (unpaired) electrons. The molecule has 0 aliphatic carbocycles. The second-order valence-corrected chi connectivity index (χ2v) is 8.57. The van der Waals surface area contributed by atoms with E-state index in [-0.39, 0.29) is 11.4 Å². The highest BCUT2D eigenvalue weighted by Gasteiger charge is 2.41. The maximum absolute atomic E-state index is 12.8. The van der Waals surface area contributed by atoms with Gasteiger partial charge < -0.3 is 9.80 Å². The third-order valence-electron chi connectivity index (χ3n) is 5.49. The van der Waals surface area contributed by atoms with E-state index in [0.717, 1.165) is 48.9 Å². The largest absolute Gasteiger partial charge is 0.337 e. The van der Waals surface area contributed by atoms with E-state index in [4.69, 9.17) is 0 Å². The molecule has 0 bridgehead atoms. The molecule has 2 aliphatic rings. The van der Waals surface area contributed by atoms with Crippen LogP contribution in [0.4, 0.5) is 0 Å². The van der Waals surface area contributed by atoms with Gasteiger partial charge in [-0.2, -0.15) is 0 Å². The smallest absolute Gasteiger partial charge is 0.273 e. The lowest BCUT2D eigenvalue weighted by Gasteiger charge is -2.47. The highest BCUT2D eigenvalue weighted by molar-refractivity contribution is 7.11. The Morgan fingerprint density at radius 1 is 1.13 bits per heavy atom. The number of likely N-dealkylation sites (tertiary alicyclic amines) is 1. The van der Waals surface area contributed by atoms with Crippen LogP contribution in [0.5, 0.6) is 0 Å². The van der Waals surface area contributed by atoms with Crippen molar-refractivity contribution in [2.75, 3.05) is 46.8 Å². The number of rotatable bonds is 1. The first-order valence-electron chi connectivity index (χ1n) is 8.54. The van der Waals surface area contributed by atoms with E-state index in [1.54, 1.807) is 11.3 Å². The van der Waals surface area contributed by atoms with Crippen LogP contribution in [0.1, 0.15) is 39.6 Å². The Kier molecular flexibility index (Phi) is 4.76. The van der Waals surface area contributed by atoms with Crippen LogP contribution in [0.2, 0.25) is 0 Å². The fraction of sp³-hybridized carbons (Fsp3) is 0.765. The molecule has 5 nitrogen and oxygen atoms in total. The Morgan fingerprint density at radius 3 is 2.43 bits per heavy atom. The third kappa shape index (κ3) is 3.30. The van der Waals surface area contributed by atoms with Gasteiger partial charge in [-0.3, -0.25) is 9.69 Å². The number of aromatic nitrogens is 1. The molecule has 1 aromatic heterocycles. The van der Waals surface area contributed by atoms with E-state index >= 15 is 0 Å². The number of likely N-dealkylation sites (N-methyl/N-ethyl adjacent to an activating group) is 2. The average Bonchev–Trinajstić information content (AvgIpc) is 2.78. The molecular formula is C17H28N4OS. The number of carbonyl (C=O) groups excluding carboxylic acids is 1. The minimum absolute atomic E-state index is 0.117. The van der Waals surface area contributed by atoms with E-state index < -0.39 is 0 Å². The topological polar surface area (TPSA) is 39.7 Å². The zero-order valence-electron chi connectivity index (χ0n) is 14.8. The summed E-state index contributed by atoms with van der Waals surface area (Å²) in [6.07, 6.45) is 3.35. The zero-order valence-corrected chi connectivity index (χ0v) is 15.6. The molecule has 1 aromatic rings. The molecule has 1 spiro atoms. The van der Waals surface area contributed by atoms with E-state index in [2.05, 4.69) is 28.9 Å². The molecule has 0 saturated carbocycles. The predicted molar refractivity (Wildman–Crippen MR) is 94.2 cm³/mol. The minimum atomic E-state index is 0.117. The summed E-state index contributed by atoms with van der Waals surface area (Å²) < 4.78 is 0. The number of amides is 1. The normalized spacial score (nSPS) is 23.2. The fourth-order valence-corrected chi connectivity index (χ4v) is 4.87.